The van der Waals surface area contributed by atoms with Gasteiger partial charge in [0.25, 0.3) is 0 Å². The van der Waals surface area contributed by atoms with Gasteiger partial charge in [-0.1, -0.05) is 25.1 Å². The Balaban J connectivity index is 1.87. The number of amides is 2. The van der Waals surface area contributed by atoms with Crippen LogP contribution < -0.4 is 10.6 Å². The first-order valence-electron chi connectivity index (χ1n) is 8.87. The maximum absolute atomic E-state index is 14.2. The molecule has 0 spiro atoms. The minimum absolute atomic E-state index is 0.189. The number of pyridine rings is 1. The van der Waals surface area contributed by atoms with E-state index < -0.39 is 12.1 Å². The molecule has 0 fully saturated rings. The van der Waals surface area contributed by atoms with Crippen LogP contribution in [0.25, 0.3) is 22.0 Å². The van der Waals surface area contributed by atoms with Crippen LogP contribution >= 0.6 is 0 Å². The van der Waals surface area contributed by atoms with Crippen molar-refractivity contribution in [3.63, 3.8) is 0 Å². The Kier molecular flexibility index (Phi) is 5.66. The summed E-state index contributed by atoms with van der Waals surface area (Å²) in [6.07, 6.45) is 0.00274. The normalized spacial score (nSPS) is 12.0. The van der Waals surface area contributed by atoms with Gasteiger partial charge in [0.1, 0.15) is 5.82 Å². The topological polar surface area (TPSA) is 74.2 Å². The average molecular weight is 367 g/mol. The number of benzene rings is 2. The quantitative estimate of drug-likeness (QED) is 0.631. The lowest BCUT2D eigenvalue weighted by Crippen LogP contribution is -2.34. The van der Waals surface area contributed by atoms with Gasteiger partial charge in [0.2, 0.25) is 0 Å². The fourth-order valence-corrected chi connectivity index (χ4v) is 2.83. The molecule has 0 aliphatic rings. The Morgan fingerprint density at radius 3 is 2.70 bits per heavy atom. The van der Waals surface area contributed by atoms with Gasteiger partial charge < -0.3 is 15.7 Å². The third-order valence-electron chi connectivity index (χ3n) is 4.40. The molecule has 0 aliphatic carbocycles. The van der Waals surface area contributed by atoms with Gasteiger partial charge in [0.15, 0.2) is 0 Å². The lowest BCUT2D eigenvalue weighted by Gasteiger charge is -2.12. The number of nitrogens with zero attached hydrogens (tertiary/aromatic N) is 1. The lowest BCUT2D eigenvalue weighted by molar-refractivity contribution is 0.168. The molecule has 3 aromatic rings. The molecule has 3 rings (SSSR count). The molecule has 3 N–H and O–H groups in total. The number of aromatic nitrogens is 1. The number of aryl methyl sites for hydroxylation is 1. The number of carbonyl (C=O) groups is 1. The molecule has 0 saturated carbocycles. The predicted molar refractivity (Wildman–Crippen MR) is 105 cm³/mol. The number of fused-ring (bicyclic) bond motifs is 1. The molecule has 6 heteroatoms. The summed E-state index contributed by atoms with van der Waals surface area (Å²) in [5.74, 6) is -0.301. The SMILES string of the molecule is CCC(O)CNC(=O)Nc1ccc2nc(C)c(-c3ccccc3F)cc2c1. The molecular weight excluding hydrogens is 345 g/mol. The van der Waals surface area contributed by atoms with Crippen LogP contribution in [0.15, 0.2) is 48.5 Å². The molecule has 0 aliphatic heterocycles. The van der Waals surface area contributed by atoms with Crippen molar-refractivity contribution in [2.45, 2.75) is 26.4 Å². The number of halogens is 1. The van der Waals surface area contributed by atoms with E-state index in [9.17, 15) is 14.3 Å². The van der Waals surface area contributed by atoms with Crippen LogP contribution in [0.3, 0.4) is 0 Å². The number of hydrogen-bond donors (Lipinski definition) is 3. The predicted octanol–water partition coefficient (Wildman–Crippen LogP) is 4.24. The van der Waals surface area contributed by atoms with Crippen molar-refractivity contribution in [3.05, 3.63) is 60.0 Å². The van der Waals surface area contributed by atoms with Crippen LogP contribution in [-0.2, 0) is 0 Å². The zero-order chi connectivity index (χ0) is 19.4. The highest BCUT2D eigenvalue weighted by molar-refractivity contribution is 5.93. The van der Waals surface area contributed by atoms with Gasteiger partial charge in [-0.15, -0.1) is 0 Å². The Bertz CT molecular complexity index is 975. The van der Waals surface area contributed by atoms with Crippen molar-refractivity contribution in [2.24, 2.45) is 0 Å². The zero-order valence-electron chi connectivity index (χ0n) is 15.3. The van der Waals surface area contributed by atoms with E-state index in [1.807, 2.05) is 26.0 Å². The van der Waals surface area contributed by atoms with Crippen molar-refractivity contribution in [1.82, 2.24) is 10.3 Å². The first-order valence-corrected chi connectivity index (χ1v) is 8.87. The minimum atomic E-state index is -0.567. The molecule has 0 radical (unpaired) electrons. The van der Waals surface area contributed by atoms with Crippen LogP contribution in [0.2, 0.25) is 0 Å². The van der Waals surface area contributed by atoms with Crippen LogP contribution in [0.1, 0.15) is 19.0 Å². The first kappa shape index (κ1) is 18.8. The largest absolute Gasteiger partial charge is 0.391 e. The number of rotatable bonds is 5. The third-order valence-corrected chi connectivity index (χ3v) is 4.40. The Morgan fingerprint density at radius 2 is 1.96 bits per heavy atom. The van der Waals surface area contributed by atoms with Crippen LogP contribution in [0, 0.1) is 12.7 Å². The van der Waals surface area contributed by atoms with Gasteiger partial charge in [-0.2, -0.15) is 0 Å². The summed E-state index contributed by atoms with van der Waals surface area (Å²) in [6.45, 7) is 3.88. The molecule has 1 heterocycles. The van der Waals surface area contributed by atoms with E-state index in [-0.39, 0.29) is 12.4 Å². The second kappa shape index (κ2) is 8.14. The second-order valence-corrected chi connectivity index (χ2v) is 6.41. The van der Waals surface area contributed by atoms with Crippen molar-refractivity contribution in [2.75, 3.05) is 11.9 Å². The highest BCUT2D eigenvalue weighted by atomic mass is 19.1. The smallest absolute Gasteiger partial charge is 0.319 e. The van der Waals surface area contributed by atoms with E-state index in [1.165, 1.54) is 6.07 Å². The maximum atomic E-state index is 14.2. The Hall–Kier alpha value is -2.99. The summed E-state index contributed by atoms with van der Waals surface area (Å²) in [5, 5.41) is 15.7. The van der Waals surface area contributed by atoms with E-state index in [1.54, 1.807) is 30.3 Å². The summed E-state index contributed by atoms with van der Waals surface area (Å²) in [6, 6.07) is 13.4. The summed E-state index contributed by atoms with van der Waals surface area (Å²) in [7, 11) is 0. The number of hydrogen-bond acceptors (Lipinski definition) is 3. The van der Waals surface area contributed by atoms with Gasteiger partial charge >= 0.3 is 6.03 Å². The summed E-state index contributed by atoms with van der Waals surface area (Å²) < 4.78 is 14.2. The average Bonchev–Trinajstić information content (AvgIpc) is 2.66. The number of anilines is 1. The fraction of sp³-hybridized carbons (Fsp3) is 0.238. The molecular formula is C21H22FN3O2. The van der Waals surface area contributed by atoms with Gasteiger partial charge in [-0.3, -0.25) is 4.98 Å². The number of aliphatic hydroxyl groups excluding tert-OH is 1. The third kappa shape index (κ3) is 4.41. The second-order valence-electron chi connectivity index (χ2n) is 6.41. The zero-order valence-corrected chi connectivity index (χ0v) is 15.3. The minimum Gasteiger partial charge on any atom is -0.391 e. The molecule has 5 nitrogen and oxygen atoms in total. The number of nitrogens with one attached hydrogen (secondary N) is 2. The molecule has 1 atom stereocenters. The Labute approximate surface area is 157 Å². The summed E-state index contributed by atoms with van der Waals surface area (Å²) in [5.41, 5.74) is 3.30. The van der Waals surface area contributed by atoms with Gasteiger partial charge in [0, 0.05) is 34.4 Å². The van der Waals surface area contributed by atoms with Crippen molar-refractivity contribution >= 4 is 22.6 Å². The lowest BCUT2D eigenvalue weighted by atomic mass is 10.0. The van der Waals surface area contributed by atoms with Gasteiger partial charge in [-0.25, -0.2) is 9.18 Å². The highest BCUT2D eigenvalue weighted by Crippen LogP contribution is 2.29. The number of aliphatic hydroxyl groups is 1. The molecule has 1 unspecified atom stereocenters. The maximum Gasteiger partial charge on any atom is 0.319 e. The number of urea groups is 1. The first-order chi connectivity index (χ1) is 13.0. The molecule has 140 valence electrons. The van der Waals surface area contributed by atoms with Crippen molar-refractivity contribution in [3.8, 4) is 11.1 Å². The molecule has 0 saturated heterocycles. The van der Waals surface area contributed by atoms with E-state index in [0.717, 1.165) is 16.6 Å². The fourth-order valence-electron chi connectivity index (χ4n) is 2.83. The number of carbonyl (C=O) groups excluding carboxylic acids is 1. The molecule has 1 aromatic heterocycles. The van der Waals surface area contributed by atoms with E-state index in [2.05, 4.69) is 15.6 Å². The summed E-state index contributed by atoms with van der Waals surface area (Å²) in [4.78, 5) is 16.5. The van der Waals surface area contributed by atoms with E-state index in [4.69, 9.17) is 0 Å². The van der Waals surface area contributed by atoms with E-state index >= 15 is 0 Å². The van der Waals surface area contributed by atoms with Crippen LogP contribution in [-0.4, -0.2) is 28.8 Å². The summed E-state index contributed by atoms with van der Waals surface area (Å²) >= 11 is 0. The van der Waals surface area contributed by atoms with Crippen molar-refractivity contribution < 1.29 is 14.3 Å². The molecule has 2 amide bonds. The molecule has 2 aromatic carbocycles. The Morgan fingerprint density at radius 1 is 1.19 bits per heavy atom. The van der Waals surface area contributed by atoms with E-state index in [0.29, 0.717) is 23.2 Å². The molecule has 27 heavy (non-hydrogen) atoms. The van der Waals surface area contributed by atoms with Gasteiger partial charge in [0.05, 0.1) is 11.6 Å². The standard InChI is InChI=1S/C21H22FN3O2/c1-3-16(26)12-23-21(27)25-15-8-9-20-14(10-15)11-18(13(2)24-20)17-6-4-5-7-19(17)22/h4-11,16,26H,3,12H2,1-2H3,(H2,23,25,27). The van der Waals surface area contributed by atoms with Crippen LogP contribution in [0.5, 0.6) is 0 Å². The highest BCUT2D eigenvalue weighted by Gasteiger charge is 2.11. The monoisotopic (exact) mass is 367 g/mol. The van der Waals surface area contributed by atoms with Gasteiger partial charge in [-0.05, 0) is 43.7 Å². The molecule has 0 bridgehead atoms. The van der Waals surface area contributed by atoms with Crippen LogP contribution in [0.4, 0.5) is 14.9 Å². The van der Waals surface area contributed by atoms with Crippen molar-refractivity contribution in [1.29, 1.82) is 0 Å².